The molecule has 5 aromatic heterocycles. The standard InChI is InChI=1S/C23H18N2O5S.C21H12F3NO4S.C21H16N2O4S.C21H15NO5S.C16H10N2O4S/c1-15(26)24-13-17-12-20(27)23(28)21-19(16-8-4-2-5-9-16)14-25(22(17)21)31(29,30)18-10-6-3-7-11-18;22-21(23,24)16-11-17(26)20(27)18-15(13-7-3-1-4-8-13)12-25(19(16)18)30(28,29)14-9-5-2-6-10-14;22-12-15-11-18(24)21(25)19-17(14-7-3-1-4-8-14)13-23(20(15)19)28(26,27)16-9-5-2-6-10-16;23-13-15-11-18(24)21(25)19-17(14-7-3-1-4-8-14)12-22(20(15)19)28(26,27)16-9-5-2-6-10-16;1-23(21,22)18-9-12(10-5-3-2-4-6-10)14-15(18)11(8-17)7-13(19)16(14)20/h2-12,14H,13H2,1H3,(H,24,26);1-12H;1-11,13H,12,22H2;1-12,23H,13H2;2-7,9H,1H3. The number of ketones is 10. The SMILES string of the molecule is CC(=O)NCC1=CC(=O)C(=O)c2c(-c3ccccc3)cn(S(=O)(=O)c3ccccc3)c21.CS(=O)(=O)n1cc(-c2ccccc2)c2c1C(C#N)=CC(=O)C2=O.NCC1=CC(=O)C(=O)c2c(-c3ccccc3)cn(S(=O)(=O)c3ccccc3)c21.O=C1C=C(C(F)(F)F)c2c(c(-c3ccccc3)cn2S(=O)(=O)c2ccccc2)C1=O.O=C1C=C(CO)c2c(c(-c3ccccc3)cn2S(=O)(=O)c2ccccc2)C1=O. The molecule has 0 spiro atoms. The zero-order valence-corrected chi connectivity index (χ0v) is 76.9. The van der Waals surface area contributed by atoms with Crippen molar-refractivity contribution in [3.8, 4) is 61.7 Å². The highest BCUT2D eigenvalue weighted by atomic mass is 32.2. The fourth-order valence-electron chi connectivity index (χ4n) is 16.0. The summed E-state index contributed by atoms with van der Waals surface area (Å²) < 4.78 is 176. The molecule has 702 valence electrons. The molecule has 14 aromatic rings. The summed E-state index contributed by atoms with van der Waals surface area (Å²) in [5, 5.41) is 21.5. The van der Waals surface area contributed by atoms with Gasteiger partial charge in [-0.25, -0.2) is 62.0 Å². The Bertz CT molecular complexity index is 8200. The third-order valence-electron chi connectivity index (χ3n) is 22.3. The molecular formula is C102H71F3N8O22S5. The lowest BCUT2D eigenvalue weighted by atomic mass is 9.90. The number of carbonyl (C=O) groups excluding carboxylic acids is 11. The maximum Gasteiger partial charge on any atom is 0.418 e. The number of hydrogen-bond acceptors (Lipinski definition) is 24. The Morgan fingerprint density at radius 2 is 0.579 bits per heavy atom. The van der Waals surface area contributed by atoms with Crippen LogP contribution in [-0.2, 0) is 78.9 Å². The monoisotopic (exact) mass is 1980 g/mol. The molecule has 0 radical (unpaired) electrons. The summed E-state index contributed by atoms with van der Waals surface area (Å²) in [4.78, 5) is 135. The van der Waals surface area contributed by atoms with Crippen molar-refractivity contribution in [3.63, 3.8) is 0 Å². The van der Waals surface area contributed by atoms with Crippen LogP contribution in [-0.4, -0.2) is 163 Å². The van der Waals surface area contributed by atoms with Crippen LogP contribution in [0.15, 0.2) is 354 Å². The molecule has 0 saturated carbocycles. The zero-order valence-electron chi connectivity index (χ0n) is 72.8. The summed E-state index contributed by atoms with van der Waals surface area (Å²) in [6.07, 6.45) is 6.47. The number of aliphatic hydroxyl groups is 1. The number of alkyl halides is 3. The van der Waals surface area contributed by atoms with Gasteiger partial charge in [0.25, 0.3) is 40.1 Å². The van der Waals surface area contributed by atoms with Gasteiger partial charge < -0.3 is 16.2 Å². The van der Waals surface area contributed by atoms with Gasteiger partial charge in [-0.15, -0.1) is 0 Å². The van der Waals surface area contributed by atoms with Crippen molar-refractivity contribution in [1.82, 2.24) is 25.2 Å². The molecule has 38 heteroatoms. The van der Waals surface area contributed by atoms with Crippen molar-refractivity contribution in [2.45, 2.75) is 32.7 Å². The number of rotatable bonds is 18. The van der Waals surface area contributed by atoms with E-state index in [1.54, 1.807) is 200 Å². The van der Waals surface area contributed by atoms with Gasteiger partial charge in [-0.05, 0) is 100 Å². The van der Waals surface area contributed by atoms with Gasteiger partial charge >= 0.3 is 6.18 Å². The number of benzene rings is 9. The average molecular weight is 1980 g/mol. The predicted octanol–water partition coefficient (Wildman–Crippen LogP) is 13.4. The van der Waals surface area contributed by atoms with Crippen LogP contribution in [0.25, 0.3) is 83.5 Å². The first-order valence-corrected chi connectivity index (χ1v) is 49.3. The second kappa shape index (κ2) is 39.1. The largest absolute Gasteiger partial charge is 0.418 e. The Morgan fingerprint density at radius 3 is 0.850 bits per heavy atom. The molecule has 5 aliphatic carbocycles. The third kappa shape index (κ3) is 18.7. The molecule has 0 atom stereocenters. The highest BCUT2D eigenvalue weighted by Crippen LogP contribution is 2.47. The van der Waals surface area contributed by atoms with E-state index < -0.39 is 138 Å². The number of nitriles is 1. The number of nitrogens with zero attached hydrogens (tertiary/aromatic N) is 6. The first-order valence-electron chi connectivity index (χ1n) is 41.7. The molecule has 9 aromatic carbocycles. The fourth-order valence-corrected chi connectivity index (χ4v) is 22.4. The van der Waals surface area contributed by atoms with Crippen molar-refractivity contribution in [3.05, 3.63) is 391 Å². The second-order valence-electron chi connectivity index (χ2n) is 31.1. The Hall–Kier alpha value is -16.8. The number of Topliss-reactive ketones (excluding diaryl/α,β-unsaturated/α-hetero) is 5. The maximum atomic E-state index is 13.8. The number of carbonyl (C=O) groups is 11. The van der Waals surface area contributed by atoms with E-state index >= 15 is 0 Å². The summed E-state index contributed by atoms with van der Waals surface area (Å²) in [6.45, 7) is 0.569. The van der Waals surface area contributed by atoms with E-state index in [1.807, 2.05) is 6.07 Å². The highest BCUT2D eigenvalue weighted by Gasteiger charge is 2.48. The van der Waals surface area contributed by atoms with Crippen LogP contribution >= 0.6 is 0 Å². The van der Waals surface area contributed by atoms with Crippen molar-refractivity contribution in [2.75, 3.05) is 26.0 Å². The van der Waals surface area contributed by atoms with E-state index in [1.165, 1.54) is 105 Å². The van der Waals surface area contributed by atoms with E-state index in [0.717, 1.165) is 52.6 Å². The van der Waals surface area contributed by atoms with Crippen molar-refractivity contribution in [1.29, 1.82) is 5.26 Å². The normalized spacial score (nSPS) is 14.0. The van der Waals surface area contributed by atoms with Crippen LogP contribution in [0.1, 0.15) is 87.2 Å². The van der Waals surface area contributed by atoms with E-state index in [9.17, 15) is 118 Å². The van der Waals surface area contributed by atoms with Crippen LogP contribution in [0.4, 0.5) is 13.2 Å². The minimum atomic E-state index is -5.05. The summed E-state index contributed by atoms with van der Waals surface area (Å²) in [6, 6.07) is 75.1. The zero-order chi connectivity index (χ0) is 100. The van der Waals surface area contributed by atoms with Gasteiger partial charge in [-0.1, -0.05) is 224 Å². The Morgan fingerprint density at radius 1 is 0.343 bits per heavy atom. The highest BCUT2D eigenvalue weighted by molar-refractivity contribution is 7.91. The first-order chi connectivity index (χ1) is 66.7. The van der Waals surface area contributed by atoms with Crippen molar-refractivity contribution in [2.24, 2.45) is 5.73 Å². The lowest BCUT2D eigenvalue weighted by Gasteiger charge is -2.19. The minimum absolute atomic E-state index is 0.0118. The summed E-state index contributed by atoms with van der Waals surface area (Å²) in [7, 11) is -20.4. The number of allylic oxidation sites excluding steroid dienone is 7. The smallest absolute Gasteiger partial charge is 0.392 e. The molecule has 30 nitrogen and oxygen atoms in total. The molecule has 0 unspecified atom stereocenters. The van der Waals surface area contributed by atoms with Crippen LogP contribution in [0.5, 0.6) is 0 Å². The molecule has 0 saturated heterocycles. The number of fused-ring (bicyclic) bond motifs is 5. The molecule has 5 aliphatic rings. The van der Waals surface area contributed by atoms with Gasteiger partial charge in [-0.3, -0.25) is 52.7 Å². The maximum absolute atomic E-state index is 13.8. The summed E-state index contributed by atoms with van der Waals surface area (Å²) >= 11 is 0. The van der Waals surface area contributed by atoms with Gasteiger partial charge in [-0.2, -0.15) is 18.4 Å². The number of halogens is 3. The summed E-state index contributed by atoms with van der Waals surface area (Å²) in [5.41, 5.74) is 7.58. The van der Waals surface area contributed by atoms with Gasteiger partial charge in [0, 0.05) is 102 Å². The fraction of sp³-hybridized carbons (Fsp3) is 0.0588. The number of amides is 1. The topological polar surface area (TPSA) is 465 Å². The minimum Gasteiger partial charge on any atom is -0.392 e. The predicted molar refractivity (Wildman–Crippen MR) is 509 cm³/mol. The Balaban J connectivity index is 0.000000133. The number of aliphatic hydroxyl groups excluding tert-OH is 1. The summed E-state index contributed by atoms with van der Waals surface area (Å²) in [5.74, 6) is -9.15. The van der Waals surface area contributed by atoms with Gasteiger partial charge in [0.2, 0.25) is 73.8 Å². The second-order valence-corrected chi connectivity index (χ2v) is 40.3. The molecule has 0 aliphatic heterocycles. The number of nitrogens with one attached hydrogen (secondary N) is 1. The molecule has 140 heavy (non-hydrogen) atoms. The third-order valence-corrected chi connectivity index (χ3v) is 30.0. The van der Waals surface area contributed by atoms with E-state index in [0.29, 0.717) is 59.6 Å². The van der Waals surface area contributed by atoms with Crippen LogP contribution < -0.4 is 11.1 Å². The molecule has 4 N–H and O–H groups in total. The Labute approximate surface area is 796 Å². The van der Waals surface area contributed by atoms with E-state index in [2.05, 4.69) is 5.32 Å². The lowest BCUT2D eigenvalue weighted by Crippen LogP contribution is -2.28. The molecule has 5 heterocycles. The van der Waals surface area contributed by atoms with Crippen LogP contribution in [0, 0.1) is 11.3 Å². The van der Waals surface area contributed by atoms with Crippen LogP contribution in [0.2, 0.25) is 0 Å². The number of hydrogen-bond donors (Lipinski definition) is 3. The molecule has 19 rings (SSSR count). The quantitative estimate of drug-likeness (QED) is 0.0672. The first kappa shape index (κ1) is 97.7. The van der Waals surface area contributed by atoms with Gasteiger partial charge in [0.15, 0.2) is 0 Å². The van der Waals surface area contributed by atoms with Crippen molar-refractivity contribution >= 4 is 142 Å². The van der Waals surface area contributed by atoms with E-state index in [-0.39, 0.29) is 112 Å². The van der Waals surface area contributed by atoms with Crippen LogP contribution in [0.3, 0.4) is 0 Å². The number of aromatic nitrogens is 5. The average Bonchev–Trinajstić information content (AvgIpc) is 1.18. The molecule has 1 amide bonds. The molecular weight excluding hydrogens is 1910 g/mol. The molecule has 0 fully saturated rings. The van der Waals surface area contributed by atoms with Gasteiger partial charge in [0.05, 0.1) is 99.9 Å². The van der Waals surface area contributed by atoms with Crippen molar-refractivity contribution < 1.29 is 113 Å². The Kier molecular flexibility index (Phi) is 27.3. The van der Waals surface area contributed by atoms with Gasteiger partial charge in [0.1, 0.15) is 6.07 Å². The molecule has 0 bridgehead atoms. The lowest BCUT2D eigenvalue weighted by molar-refractivity contribution is -0.119. The van der Waals surface area contributed by atoms with E-state index in [4.69, 9.17) is 5.73 Å². The number of nitrogens with two attached hydrogens (primary N) is 1.